The van der Waals surface area contributed by atoms with Crippen LogP contribution in [0.5, 0.6) is 0 Å². The Morgan fingerprint density at radius 1 is 1.29 bits per heavy atom. The number of nitrogens with zero attached hydrogens (tertiary/aromatic N) is 1. The molecule has 0 fully saturated rings. The summed E-state index contributed by atoms with van der Waals surface area (Å²) in [7, 11) is 0. The lowest BCUT2D eigenvalue weighted by molar-refractivity contribution is -0.118. The first-order valence-electron chi connectivity index (χ1n) is 7.36. The van der Waals surface area contributed by atoms with E-state index in [4.69, 9.17) is 0 Å². The van der Waals surface area contributed by atoms with Crippen molar-refractivity contribution in [1.29, 1.82) is 0 Å². The monoisotopic (exact) mass is 287 g/mol. The lowest BCUT2D eigenvalue weighted by Gasteiger charge is -2.12. The first-order valence-corrected chi connectivity index (χ1v) is 7.36. The number of aromatic nitrogens is 1. The summed E-state index contributed by atoms with van der Waals surface area (Å²) in [6.07, 6.45) is 6.28. The molecule has 1 aromatic heterocycles. The minimum atomic E-state index is -0.147. The van der Waals surface area contributed by atoms with Gasteiger partial charge in [-0.05, 0) is 44.7 Å². The summed E-state index contributed by atoms with van der Waals surface area (Å²) in [6, 6.07) is 5.46. The molecule has 1 aromatic rings. The molecule has 0 saturated heterocycles. The maximum atomic E-state index is 11.9. The molecular weight excluding hydrogens is 266 g/mol. The van der Waals surface area contributed by atoms with Crippen LogP contribution in [0.1, 0.15) is 37.8 Å². The standard InChI is InChI=1S/C16H21N3O2/c1-12-6-5-9-14(18-12)19-15(20)10-11-17-16(21)13-7-3-2-4-8-13/h5-7,9H,2-4,8,10-11H2,1H3,(H,17,21)(H,18,19,20). The number of carbonyl (C=O) groups excluding carboxylic acids is 2. The van der Waals surface area contributed by atoms with Crippen LogP contribution in [-0.2, 0) is 9.59 Å². The highest BCUT2D eigenvalue weighted by Gasteiger charge is 2.12. The molecule has 0 saturated carbocycles. The summed E-state index contributed by atoms with van der Waals surface area (Å²) in [4.78, 5) is 27.8. The predicted molar refractivity (Wildman–Crippen MR) is 81.8 cm³/mol. The van der Waals surface area contributed by atoms with Crippen LogP contribution >= 0.6 is 0 Å². The van der Waals surface area contributed by atoms with Gasteiger partial charge in [-0.3, -0.25) is 9.59 Å². The highest BCUT2D eigenvalue weighted by atomic mass is 16.2. The van der Waals surface area contributed by atoms with Gasteiger partial charge in [0.1, 0.15) is 5.82 Å². The highest BCUT2D eigenvalue weighted by Crippen LogP contribution is 2.17. The molecule has 112 valence electrons. The van der Waals surface area contributed by atoms with Gasteiger partial charge in [-0.2, -0.15) is 0 Å². The Labute approximate surface area is 124 Å². The number of pyridine rings is 1. The number of hydrogen-bond donors (Lipinski definition) is 2. The quantitative estimate of drug-likeness (QED) is 0.873. The Morgan fingerprint density at radius 2 is 2.14 bits per heavy atom. The summed E-state index contributed by atoms with van der Waals surface area (Å²) >= 11 is 0. The second-order valence-corrected chi connectivity index (χ2v) is 5.19. The van der Waals surface area contributed by atoms with Gasteiger partial charge in [0.25, 0.3) is 0 Å². The van der Waals surface area contributed by atoms with E-state index in [1.54, 1.807) is 6.07 Å². The summed E-state index contributed by atoms with van der Waals surface area (Å²) in [6.45, 7) is 2.21. The van der Waals surface area contributed by atoms with Crippen molar-refractivity contribution >= 4 is 17.6 Å². The van der Waals surface area contributed by atoms with Crippen LogP contribution in [0.2, 0.25) is 0 Å². The Balaban J connectivity index is 1.72. The van der Waals surface area contributed by atoms with E-state index in [2.05, 4.69) is 15.6 Å². The van der Waals surface area contributed by atoms with Crippen molar-refractivity contribution in [2.75, 3.05) is 11.9 Å². The number of carbonyl (C=O) groups is 2. The summed E-state index contributed by atoms with van der Waals surface area (Å²) in [5, 5.41) is 5.51. The van der Waals surface area contributed by atoms with Gasteiger partial charge in [-0.25, -0.2) is 4.98 Å². The molecule has 0 radical (unpaired) electrons. The smallest absolute Gasteiger partial charge is 0.246 e. The van der Waals surface area contributed by atoms with Gasteiger partial charge in [-0.1, -0.05) is 12.1 Å². The van der Waals surface area contributed by atoms with E-state index in [0.717, 1.165) is 37.0 Å². The second-order valence-electron chi connectivity index (χ2n) is 5.19. The van der Waals surface area contributed by atoms with Crippen molar-refractivity contribution in [2.24, 2.45) is 0 Å². The largest absolute Gasteiger partial charge is 0.352 e. The van der Waals surface area contributed by atoms with Crippen LogP contribution in [0.25, 0.3) is 0 Å². The molecule has 0 unspecified atom stereocenters. The van der Waals surface area contributed by atoms with Gasteiger partial charge in [0.2, 0.25) is 11.8 Å². The number of rotatable bonds is 5. The van der Waals surface area contributed by atoms with Crippen molar-refractivity contribution < 1.29 is 9.59 Å². The molecule has 1 aliphatic carbocycles. The Kier molecular flexibility index (Phi) is 5.49. The minimum absolute atomic E-state index is 0.0452. The number of hydrogen-bond acceptors (Lipinski definition) is 3. The van der Waals surface area contributed by atoms with Gasteiger partial charge in [0.15, 0.2) is 0 Å². The second kappa shape index (κ2) is 7.57. The maximum absolute atomic E-state index is 11.9. The molecule has 5 nitrogen and oxygen atoms in total. The molecule has 0 aliphatic heterocycles. The van der Waals surface area contributed by atoms with Crippen molar-refractivity contribution in [1.82, 2.24) is 10.3 Å². The normalized spacial score (nSPS) is 14.2. The number of allylic oxidation sites excluding steroid dienone is 1. The Bertz CT molecular complexity index is 552. The van der Waals surface area contributed by atoms with Gasteiger partial charge in [-0.15, -0.1) is 0 Å². The third-order valence-corrected chi connectivity index (χ3v) is 3.38. The zero-order valence-electron chi connectivity index (χ0n) is 12.3. The summed E-state index contributed by atoms with van der Waals surface area (Å²) in [5.74, 6) is 0.350. The van der Waals surface area contributed by atoms with E-state index in [9.17, 15) is 9.59 Å². The molecule has 2 N–H and O–H groups in total. The van der Waals surface area contributed by atoms with Crippen molar-refractivity contribution in [3.63, 3.8) is 0 Å². The first-order chi connectivity index (χ1) is 10.1. The fourth-order valence-electron chi connectivity index (χ4n) is 2.27. The van der Waals surface area contributed by atoms with Crippen LogP contribution in [0.15, 0.2) is 29.8 Å². The Morgan fingerprint density at radius 3 is 2.86 bits per heavy atom. The maximum Gasteiger partial charge on any atom is 0.246 e. The van der Waals surface area contributed by atoms with Crippen LogP contribution in [-0.4, -0.2) is 23.3 Å². The average Bonchev–Trinajstić information content (AvgIpc) is 2.48. The predicted octanol–water partition coefficient (Wildman–Crippen LogP) is 2.34. The molecule has 2 amide bonds. The lowest BCUT2D eigenvalue weighted by Crippen LogP contribution is -2.29. The molecule has 5 heteroatoms. The zero-order valence-corrected chi connectivity index (χ0v) is 12.3. The van der Waals surface area contributed by atoms with Gasteiger partial charge >= 0.3 is 0 Å². The molecule has 0 atom stereocenters. The van der Waals surface area contributed by atoms with Gasteiger partial charge in [0.05, 0.1) is 0 Å². The summed E-state index contributed by atoms with van der Waals surface area (Å²) < 4.78 is 0. The van der Waals surface area contributed by atoms with E-state index >= 15 is 0 Å². The lowest BCUT2D eigenvalue weighted by atomic mass is 9.99. The SMILES string of the molecule is Cc1cccc(NC(=O)CCNC(=O)C2=CCCCC2)n1. The topological polar surface area (TPSA) is 71.1 Å². The van der Waals surface area contributed by atoms with E-state index in [0.29, 0.717) is 12.4 Å². The van der Waals surface area contributed by atoms with Crippen LogP contribution < -0.4 is 10.6 Å². The van der Waals surface area contributed by atoms with E-state index in [1.807, 2.05) is 25.1 Å². The average molecular weight is 287 g/mol. The molecule has 0 aromatic carbocycles. The van der Waals surface area contributed by atoms with Crippen LogP contribution in [0.3, 0.4) is 0 Å². The molecule has 1 heterocycles. The molecule has 0 bridgehead atoms. The molecule has 21 heavy (non-hydrogen) atoms. The zero-order chi connectivity index (χ0) is 15.1. The van der Waals surface area contributed by atoms with Gasteiger partial charge < -0.3 is 10.6 Å². The minimum Gasteiger partial charge on any atom is -0.352 e. The molecular formula is C16H21N3O2. The van der Waals surface area contributed by atoms with E-state index < -0.39 is 0 Å². The number of nitrogens with one attached hydrogen (secondary N) is 2. The molecule has 1 aliphatic rings. The number of anilines is 1. The third-order valence-electron chi connectivity index (χ3n) is 3.38. The van der Waals surface area contributed by atoms with Gasteiger partial charge in [0, 0.05) is 24.2 Å². The van der Waals surface area contributed by atoms with E-state index in [-0.39, 0.29) is 18.2 Å². The third kappa shape index (κ3) is 5.02. The fourth-order valence-corrected chi connectivity index (χ4v) is 2.27. The number of aryl methyl sites for hydroxylation is 1. The van der Waals surface area contributed by atoms with Crippen LogP contribution in [0.4, 0.5) is 5.82 Å². The highest BCUT2D eigenvalue weighted by molar-refractivity contribution is 5.94. The Hall–Kier alpha value is -2.17. The van der Waals surface area contributed by atoms with Crippen LogP contribution in [0, 0.1) is 6.92 Å². The molecule has 0 spiro atoms. The first kappa shape index (κ1) is 15.2. The van der Waals surface area contributed by atoms with Crippen molar-refractivity contribution in [2.45, 2.75) is 39.0 Å². The number of amides is 2. The molecule has 2 rings (SSSR count). The van der Waals surface area contributed by atoms with E-state index in [1.165, 1.54) is 0 Å². The van der Waals surface area contributed by atoms with Crippen molar-refractivity contribution in [3.05, 3.63) is 35.5 Å². The summed E-state index contributed by atoms with van der Waals surface area (Å²) in [5.41, 5.74) is 1.70. The van der Waals surface area contributed by atoms with Crippen molar-refractivity contribution in [3.8, 4) is 0 Å². The fraction of sp³-hybridized carbons (Fsp3) is 0.438.